The second-order valence-corrected chi connectivity index (χ2v) is 3.62. The van der Waals surface area contributed by atoms with Gasteiger partial charge in [0.2, 0.25) is 5.82 Å². The van der Waals surface area contributed by atoms with Gasteiger partial charge in [-0.15, -0.1) is 0 Å². The van der Waals surface area contributed by atoms with Crippen LogP contribution in [-0.4, -0.2) is 29.6 Å². The molecule has 5 nitrogen and oxygen atoms in total. The lowest BCUT2D eigenvalue weighted by molar-refractivity contribution is 0.0586. The molecule has 16 heavy (non-hydrogen) atoms. The number of aryl methyl sites for hydroxylation is 1. The summed E-state index contributed by atoms with van der Waals surface area (Å²) in [7, 11) is 1.28. The highest BCUT2D eigenvalue weighted by Gasteiger charge is 2.11. The number of aromatic nitrogens is 2. The van der Waals surface area contributed by atoms with Crippen LogP contribution < -0.4 is 5.32 Å². The van der Waals surface area contributed by atoms with Crippen LogP contribution in [0.25, 0.3) is 0 Å². The van der Waals surface area contributed by atoms with Gasteiger partial charge < -0.3 is 10.1 Å². The van der Waals surface area contributed by atoms with Crippen molar-refractivity contribution >= 4 is 23.4 Å². The van der Waals surface area contributed by atoms with Crippen molar-refractivity contribution in [1.29, 1.82) is 0 Å². The SMILES string of the molecule is C=C(Cl)CNc1cc(C)nc(C(=O)OC)n1. The lowest BCUT2D eigenvalue weighted by Gasteiger charge is -2.06. The summed E-state index contributed by atoms with van der Waals surface area (Å²) in [6.45, 7) is 5.67. The summed E-state index contributed by atoms with van der Waals surface area (Å²) < 4.78 is 4.54. The zero-order valence-electron chi connectivity index (χ0n) is 9.08. The minimum absolute atomic E-state index is 0.0187. The van der Waals surface area contributed by atoms with E-state index in [-0.39, 0.29) is 5.82 Å². The normalized spacial score (nSPS) is 9.69. The Bertz CT molecular complexity index is 421. The standard InChI is InChI=1S/C10H12ClN3O2/c1-6(11)5-12-8-4-7(2)13-9(14-8)10(15)16-3/h4H,1,5H2,2-3H3,(H,12,13,14). The molecule has 0 unspecified atom stereocenters. The van der Waals surface area contributed by atoms with Gasteiger partial charge >= 0.3 is 5.97 Å². The third-order valence-electron chi connectivity index (χ3n) is 1.68. The maximum absolute atomic E-state index is 11.2. The van der Waals surface area contributed by atoms with E-state index in [1.807, 2.05) is 0 Å². The minimum atomic E-state index is -0.573. The van der Waals surface area contributed by atoms with Gasteiger partial charge in [-0.1, -0.05) is 18.2 Å². The number of methoxy groups -OCH3 is 1. The van der Waals surface area contributed by atoms with E-state index in [0.717, 1.165) is 0 Å². The van der Waals surface area contributed by atoms with E-state index >= 15 is 0 Å². The fraction of sp³-hybridized carbons (Fsp3) is 0.300. The van der Waals surface area contributed by atoms with E-state index < -0.39 is 5.97 Å². The number of nitrogens with zero attached hydrogens (tertiary/aromatic N) is 2. The summed E-state index contributed by atoms with van der Waals surface area (Å²) in [6, 6.07) is 1.70. The average Bonchev–Trinajstić information content (AvgIpc) is 2.24. The maximum Gasteiger partial charge on any atom is 0.376 e. The highest BCUT2D eigenvalue weighted by atomic mass is 35.5. The Morgan fingerprint density at radius 2 is 2.31 bits per heavy atom. The van der Waals surface area contributed by atoms with Crippen molar-refractivity contribution in [2.24, 2.45) is 0 Å². The van der Waals surface area contributed by atoms with Gasteiger partial charge in [-0.3, -0.25) is 0 Å². The molecule has 0 aliphatic carbocycles. The van der Waals surface area contributed by atoms with Crippen molar-refractivity contribution in [1.82, 2.24) is 9.97 Å². The van der Waals surface area contributed by atoms with Crippen molar-refractivity contribution in [2.75, 3.05) is 19.0 Å². The van der Waals surface area contributed by atoms with Crippen LogP contribution in [0.1, 0.15) is 16.3 Å². The Labute approximate surface area is 98.5 Å². The fourth-order valence-corrected chi connectivity index (χ4v) is 1.09. The van der Waals surface area contributed by atoms with Crippen molar-refractivity contribution < 1.29 is 9.53 Å². The van der Waals surface area contributed by atoms with Gasteiger partial charge in [0.25, 0.3) is 0 Å². The molecule has 1 rings (SSSR count). The monoisotopic (exact) mass is 241 g/mol. The largest absolute Gasteiger partial charge is 0.463 e. The van der Waals surface area contributed by atoms with E-state index in [0.29, 0.717) is 23.1 Å². The molecule has 0 spiro atoms. The number of hydrogen-bond donors (Lipinski definition) is 1. The van der Waals surface area contributed by atoms with E-state index in [9.17, 15) is 4.79 Å². The Morgan fingerprint density at radius 3 is 2.88 bits per heavy atom. The molecule has 0 bridgehead atoms. The third-order valence-corrected chi connectivity index (χ3v) is 1.82. The molecule has 0 aliphatic heterocycles. The molecule has 0 saturated carbocycles. The molecule has 1 N–H and O–H groups in total. The number of esters is 1. The number of ether oxygens (including phenoxy) is 1. The number of carbonyl (C=O) groups is 1. The van der Waals surface area contributed by atoms with Crippen LogP contribution in [-0.2, 0) is 4.74 Å². The van der Waals surface area contributed by atoms with E-state index in [4.69, 9.17) is 11.6 Å². The molecule has 0 aromatic carbocycles. The number of nitrogens with one attached hydrogen (secondary N) is 1. The molecule has 86 valence electrons. The summed E-state index contributed by atoms with van der Waals surface area (Å²) in [4.78, 5) is 19.2. The maximum atomic E-state index is 11.2. The minimum Gasteiger partial charge on any atom is -0.463 e. The number of hydrogen-bond acceptors (Lipinski definition) is 5. The summed E-state index contributed by atoms with van der Waals surface area (Å²) >= 11 is 5.61. The van der Waals surface area contributed by atoms with Crippen LogP contribution in [0.3, 0.4) is 0 Å². The van der Waals surface area contributed by atoms with Gasteiger partial charge in [-0.05, 0) is 6.92 Å². The molecule has 0 fully saturated rings. The first-order valence-electron chi connectivity index (χ1n) is 4.54. The van der Waals surface area contributed by atoms with Crippen LogP contribution >= 0.6 is 11.6 Å². The predicted molar refractivity (Wildman–Crippen MR) is 61.6 cm³/mol. The van der Waals surface area contributed by atoms with Crippen molar-refractivity contribution in [2.45, 2.75) is 6.92 Å². The van der Waals surface area contributed by atoms with Crippen LogP contribution in [0.4, 0.5) is 5.82 Å². The van der Waals surface area contributed by atoms with E-state index in [2.05, 4.69) is 26.6 Å². The Balaban J connectivity index is 2.89. The molecule has 0 radical (unpaired) electrons. The van der Waals surface area contributed by atoms with Gasteiger partial charge in [-0.2, -0.15) is 0 Å². The topological polar surface area (TPSA) is 64.1 Å². The first-order chi connectivity index (χ1) is 7.52. The van der Waals surface area contributed by atoms with Gasteiger partial charge in [-0.25, -0.2) is 14.8 Å². The number of rotatable bonds is 4. The van der Waals surface area contributed by atoms with Gasteiger partial charge in [0.05, 0.1) is 13.7 Å². The van der Waals surface area contributed by atoms with Crippen LogP contribution in [0.5, 0.6) is 0 Å². The van der Waals surface area contributed by atoms with Crippen LogP contribution in [0.2, 0.25) is 0 Å². The zero-order valence-corrected chi connectivity index (χ0v) is 9.84. The van der Waals surface area contributed by atoms with Gasteiger partial charge in [0.1, 0.15) is 5.82 Å². The number of carbonyl (C=O) groups excluding carboxylic acids is 1. The van der Waals surface area contributed by atoms with Crippen LogP contribution in [0, 0.1) is 6.92 Å². The second-order valence-electron chi connectivity index (χ2n) is 3.08. The molecular formula is C10H12ClN3O2. The highest BCUT2D eigenvalue weighted by Crippen LogP contribution is 2.08. The Morgan fingerprint density at radius 1 is 1.62 bits per heavy atom. The third kappa shape index (κ3) is 3.51. The Hall–Kier alpha value is -1.62. The summed E-state index contributed by atoms with van der Waals surface area (Å²) in [5.74, 6) is -0.0451. The predicted octanol–water partition coefficient (Wildman–Crippen LogP) is 1.74. The van der Waals surface area contributed by atoms with Crippen molar-refractivity contribution in [3.05, 3.63) is 29.2 Å². The second kappa shape index (κ2) is 5.46. The number of halogens is 1. The summed E-state index contributed by atoms with van der Waals surface area (Å²) in [5.41, 5.74) is 0.665. The van der Waals surface area contributed by atoms with Gasteiger partial charge in [0.15, 0.2) is 0 Å². The Kier molecular flexibility index (Phi) is 4.25. The molecule has 1 aromatic heterocycles. The first-order valence-corrected chi connectivity index (χ1v) is 4.92. The summed E-state index contributed by atoms with van der Waals surface area (Å²) in [6.07, 6.45) is 0. The smallest absolute Gasteiger partial charge is 0.376 e. The molecule has 1 heterocycles. The fourth-order valence-electron chi connectivity index (χ4n) is 1.03. The molecule has 6 heteroatoms. The lowest BCUT2D eigenvalue weighted by Crippen LogP contribution is -2.11. The van der Waals surface area contributed by atoms with E-state index in [1.54, 1.807) is 13.0 Å². The van der Waals surface area contributed by atoms with Crippen molar-refractivity contribution in [3.8, 4) is 0 Å². The first kappa shape index (κ1) is 12.4. The number of anilines is 1. The quantitative estimate of drug-likeness (QED) is 0.814. The molecular weight excluding hydrogens is 230 g/mol. The molecule has 0 atom stereocenters. The highest BCUT2D eigenvalue weighted by molar-refractivity contribution is 6.29. The summed E-state index contributed by atoms with van der Waals surface area (Å²) in [5, 5.41) is 3.37. The van der Waals surface area contributed by atoms with Gasteiger partial charge in [0, 0.05) is 16.8 Å². The molecule has 0 aliphatic rings. The average molecular weight is 242 g/mol. The molecule has 1 aromatic rings. The molecule has 0 saturated heterocycles. The van der Waals surface area contributed by atoms with Crippen LogP contribution in [0.15, 0.2) is 17.7 Å². The van der Waals surface area contributed by atoms with Crippen molar-refractivity contribution in [3.63, 3.8) is 0 Å². The molecule has 0 amide bonds. The van der Waals surface area contributed by atoms with E-state index in [1.165, 1.54) is 7.11 Å². The zero-order chi connectivity index (χ0) is 12.1. The lowest BCUT2D eigenvalue weighted by atomic mass is 10.4.